The Balaban J connectivity index is 1.66. The number of hydrogen-bond acceptors (Lipinski definition) is 6. The largest absolute Gasteiger partial charge is 0.465 e. The summed E-state index contributed by atoms with van der Waals surface area (Å²) in [7, 11) is 0. The third-order valence-electron chi connectivity index (χ3n) is 7.28. The van der Waals surface area contributed by atoms with Crippen molar-refractivity contribution in [2.45, 2.75) is 41.8 Å². The monoisotopic (exact) mass is 502 g/mol. The van der Waals surface area contributed by atoms with E-state index < -0.39 is 34.6 Å². The quantitative estimate of drug-likeness (QED) is 0.503. The SMILES string of the molecule is CC[C@@H](CO)N1C(=O)[C@@H]2[C@H]3C(=O)OCCC=C[C@H]3S[C@@]23C=CCN(c2ccccc2Cl)C(=O)C13. The molecular weight excluding hydrogens is 476 g/mol. The summed E-state index contributed by atoms with van der Waals surface area (Å²) < 4.78 is 4.53. The van der Waals surface area contributed by atoms with E-state index in [1.54, 1.807) is 23.1 Å². The first-order valence-corrected chi connectivity index (χ1v) is 12.9. The molecule has 7 nitrogen and oxygen atoms in total. The second-order valence-corrected chi connectivity index (χ2v) is 10.9. The lowest BCUT2D eigenvalue weighted by Gasteiger charge is -2.38. The fraction of sp³-hybridized carbons (Fsp3) is 0.480. The lowest BCUT2D eigenvalue weighted by Crippen LogP contribution is -2.56. The van der Waals surface area contributed by atoms with Gasteiger partial charge in [0.1, 0.15) is 6.04 Å². The minimum Gasteiger partial charge on any atom is -0.465 e. The van der Waals surface area contributed by atoms with Crippen molar-refractivity contribution < 1.29 is 24.2 Å². The van der Waals surface area contributed by atoms with Gasteiger partial charge in [-0.3, -0.25) is 14.4 Å². The minimum absolute atomic E-state index is 0.264. The van der Waals surface area contributed by atoms with Crippen LogP contribution in [0.5, 0.6) is 0 Å². The van der Waals surface area contributed by atoms with Crippen molar-refractivity contribution in [3.8, 4) is 0 Å². The van der Waals surface area contributed by atoms with Gasteiger partial charge >= 0.3 is 5.97 Å². The Labute approximate surface area is 207 Å². The molecule has 180 valence electrons. The summed E-state index contributed by atoms with van der Waals surface area (Å²) in [5.41, 5.74) is 0.567. The molecule has 1 aromatic carbocycles. The highest BCUT2D eigenvalue weighted by molar-refractivity contribution is 8.02. The summed E-state index contributed by atoms with van der Waals surface area (Å²) in [4.78, 5) is 44.5. The number of benzene rings is 1. The van der Waals surface area contributed by atoms with Gasteiger partial charge in [0.25, 0.3) is 5.91 Å². The number of cyclic esters (lactones) is 1. The smallest absolute Gasteiger partial charge is 0.311 e. The zero-order valence-corrected chi connectivity index (χ0v) is 20.4. The molecule has 6 atom stereocenters. The van der Waals surface area contributed by atoms with Crippen LogP contribution in [0, 0.1) is 11.8 Å². The van der Waals surface area contributed by atoms with Crippen LogP contribution in [-0.2, 0) is 19.1 Å². The summed E-state index contributed by atoms with van der Waals surface area (Å²) >= 11 is 7.94. The van der Waals surface area contributed by atoms with Gasteiger partial charge in [0, 0.05) is 11.8 Å². The summed E-state index contributed by atoms with van der Waals surface area (Å²) in [6.07, 6.45) is 8.90. The molecule has 2 fully saturated rings. The Morgan fingerprint density at radius 2 is 2.03 bits per heavy atom. The van der Waals surface area contributed by atoms with Gasteiger partial charge in [0.05, 0.1) is 46.5 Å². The van der Waals surface area contributed by atoms with Crippen LogP contribution in [0.3, 0.4) is 0 Å². The zero-order valence-electron chi connectivity index (χ0n) is 18.8. The predicted molar refractivity (Wildman–Crippen MR) is 131 cm³/mol. The first-order chi connectivity index (χ1) is 16.4. The van der Waals surface area contributed by atoms with E-state index in [0.717, 1.165) is 0 Å². The van der Waals surface area contributed by atoms with Crippen LogP contribution in [0.1, 0.15) is 19.8 Å². The number of likely N-dealkylation sites (tertiary alicyclic amines) is 1. The Kier molecular flexibility index (Phi) is 6.25. The van der Waals surface area contributed by atoms with E-state index in [1.807, 2.05) is 37.3 Å². The van der Waals surface area contributed by atoms with Crippen LogP contribution < -0.4 is 4.90 Å². The van der Waals surface area contributed by atoms with Crippen molar-refractivity contribution in [3.05, 3.63) is 53.6 Å². The van der Waals surface area contributed by atoms with E-state index in [2.05, 4.69) is 0 Å². The number of hydrogen-bond donors (Lipinski definition) is 1. The van der Waals surface area contributed by atoms with Gasteiger partial charge in [-0.05, 0) is 25.0 Å². The molecule has 1 spiro atoms. The molecule has 0 saturated carbocycles. The average molecular weight is 503 g/mol. The highest BCUT2D eigenvalue weighted by Crippen LogP contribution is 2.61. The molecule has 0 bridgehead atoms. The number of aliphatic hydroxyl groups excluding tert-OH is 1. The van der Waals surface area contributed by atoms with Crippen molar-refractivity contribution >= 4 is 46.8 Å². The fourth-order valence-electron chi connectivity index (χ4n) is 5.74. The van der Waals surface area contributed by atoms with Crippen molar-refractivity contribution in [3.63, 3.8) is 0 Å². The highest BCUT2D eigenvalue weighted by atomic mass is 35.5. The van der Waals surface area contributed by atoms with E-state index in [9.17, 15) is 19.5 Å². The molecule has 1 aromatic rings. The van der Waals surface area contributed by atoms with Gasteiger partial charge in [-0.2, -0.15) is 0 Å². The average Bonchev–Trinajstić information content (AvgIpc) is 3.20. The number of thioether (sulfide) groups is 1. The number of carbonyl (C=O) groups excluding carboxylic acids is 3. The van der Waals surface area contributed by atoms with Crippen molar-refractivity contribution in [1.29, 1.82) is 0 Å². The molecule has 34 heavy (non-hydrogen) atoms. The molecule has 2 amide bonds. The lowest BCUT2D eigenvalue weighted by atomic mass is 9.78. The molecule has 4 aliphatic heterocycles. The molecular formula is C25H27ClN2O5S. The summed E-state index contributed by atoms with van der Waals surface area (Å²) in [5, 5.41) is 10.3. The molecule has 0 aliphatic carbocycles. The van der Waals surface area contributed by atoms with Gasteiger partial charge < -0.3 is 19.6 Å². The van der Waals surface area contributed by atoms with Crippen LogP contribution in [0.2, 0.25) is 5.02 Å². The van der Waals surface area contributed by atoms with Crippen LogP contribution >= 0.6 is 23.4 Å². The van der Waals surface area contributed by atoms with Gasteiger partial charge in [0.2, 0.25) is 5.91 Å². The third-order valence-corrected chi connectivity index (χ3v) is 9.34. The van der Waals surface area contributed by atoms with Crippen molar-refractivity contribution in [1.82, 2.24) is 4.90 Å². The van der Waals surface area contributed by atoms with Crippen molar-refractivity contribution in [2.75, 3.05) is 24.7 Å². The normalized spacial score (nSPS) is 33.6. The van der Waals surface area contributed by atoms with E-state index in [0.29, 0.717) is 30.1 Å². The number of carbonyl (C=O) groups is 3. The minimum atomic E-state index is -0.949. The highest BCUT2D eigenvalue weighted by Gasteiger charge is 2.71. The topological polar surface area (TPSA) is 87.2 Å². The molecule has 1 unspecified atom stereocenters. The molecule has 1 N–H and O–H groups in total. The van der Waals surface area contributed by atoms with E-state index >= 15 is 0 Å². The van der Waals surface area contributed by atoms with E-state index in [4.69, 9.17) is 16.3 Å². The van der Waals surface area contributed by atoms with Crippen LogP contribution in [0.15, 0.2) is 48.6 Å². The van der Waals surface area contributed by atoms with Crippen LogP contribution in [0.4, 0.5) is 5.69 Å². The molecule has 2 saturated heterocycles. The Hall–Kier alpha value is -2.29. The van der Waals surface area contributed by atoms with Gasteiger partial charge in [-0.1, -0.05) is 55.0 Å². The standard InChI is InChI=1S/C25H27ClN2O5S/c1-2-15(14-29)28-21-23(31)27(17-9-4-3-8-16(17)26)12-7-11-25(21)20(22(28)30)19-18(34-25)10-5-6-13-33-24(19)32/h3-5,7-11,15,18-21,29H,2,6,12-14H2,1H3/t15-,18+,19-,20-,21?,25-/m0/s1. The first-order valence-electron chi connectivity index (χ1n) is 11.6. The number of anilines is 1. The number of aliphatic hydroxyl groups is 1. The Morgan fingerprint density at radius 3 is 2.76 bits per heavy atom. The lowest BCUT2D eigenvalue weighted by molar-refractivity contribution is -0.153. The molecule has 5 rings (SSSR count). The Morgan fingerprint density at radius 1 is 1.24 bits per heavy atom. The number of nitrogens with zero attached hydrogens (tertiary/aromatic N) is 2. The number of amides is 2. The maximum Gasteiger partial charge on any atom is 0.311 e. The molecule has 4 aliphatic rings. The van der Waals surface area contributed by atoms with E-state index in [1.165, 1.54) is 16.7 Å². The zero-order chi connectivity index (χ0) is 24.0. The third kappa shape index (κ3) is 3.41. The predicted octanol–water partition coefficient (Wildman–Crippen LogP) is 2.81. The fourth-order valence-corrected chi connectivity index (χ4v) is 7.97. The number of para-hydroxylation sites is 1. The Bertz CT molecular complexity index is 1070. The maximum atomic E-state index is 14.2. The van der Waals surface area contributed by atoms with Gasteiger partial charge in [-0.15, -0.1) is 11.8 Å². The van der Waals surface area contributed by atoms with Crippen molar-refractivity contribution in [2.24, 2.45) is 11.8 Å². The number of fused-ring (bicyclic) bond motifs is 2. The molecule has 0 radical (unpaired) electrons. The van der Waals surface area contributed by atoms with Gasteiger partial charge in [0.15, 0.2) is 0 Å². The molecule has 4 heterocycles. The first kappa shape index (κ1) is 23.5. The summed E-state index contributed by atoms with van der Waals surface area (Å²) in [5.74, 6) is -2.39. The number of esters is 1. The van der Waals surface area contributed by atoms with Crippen LogP contribution in [-0.4, -0.2) is 69.6 Å². The van der Waals surface area contributed by atoms with E-state index in [-0.39, 0.29) is 30.3 Å². The number of rotatable bonds is 4. The molecule has 9 heteroatoms. The number of halogens is 1. The van der Waals surface area contributed by atoms with Crippen LogP contribution in [0.25, 0.3) is 0 Å². The second-order valence-electron chi connectivity index (χ2n) is 9.02. The summed E-state index contributed by atoms with van der Waals surface area (Å²) in [6, 6.07) is 5.70. The summed E-state index contributed by atoms with van der Waals surface area (Å²) in [6.45, 7) is 2.17. The second kappa shape index (κ2) is 9.06. The van der Waals surface area contributed by atoms with Gasteiger partial charge in [-0.25, -0.2) is 0 Å². The maximum absolute atomic E-state index is 14.2. The number of ether oxygens (including phenoxy) is 1. The molecule has 0 aromatic heterocycles.